The molecule has 0 aliphatic carbocycles. The first-order chi connectivity index (χ1) is 9.95. The molecule has 2 rings (SSSR count). The Bertz CT molecular complexity index is 492. The zero-order valence-electron chi connectivity index (χ0n) is 12.0. The van der Waals surface area contributed by atoms with Crippen molar-refractivity contribution in [3.63, 3.8) is 0 Å². The molecule has 1 aromatic rings. The third kappa shape index (κ3) is 4.56. The number of rotatable bonds is 4. The van der Waals surface area contributed by atoms with Gasteiger partial charge in [0.15, 0.2) is 0 Å². The Kier molecular flexibility index (Phi) is 5.39. The number of hydrogen-bond donors (Lipinski definition) is 0. The number of alkyl halides is 2. The molecule has 1 saturated heterocycles. The minimum Gasteiger partial charge on any atom is -0.488 e. The Balaban J connectivity index is 2.06. The quantitative estimate of drug-likeness (QED) is 0.856. The first-order valence-corrected chi connectivity index (χ1v) is 7.71. The molecule has 0 aromatic carbocycles. The van der Waals surface area contributed by atoms with Crippen LogP contribution in [0.5, 0.6) is 5.75 Å². The van der Waals surface area contributed by atoms with Gasteiger partial charge in [-0.05, 0) is 6.07 Å². The molecule has 1 fully saturated rings. The predicted molar refractivity (Wildman–Crippen MR) is 78.2 cm³/mol. The maximum atomic E-state index is 12.4. The molecular formula is C14H18F2N2O2S. The van der Waals surface area contributed by atoms with E-state index in [0.717, 1.165) is 0 Å². The Morgan fingerprint density at radius 1 is 1.48 bits per heavy atom. The van der Waals surface area contributed by atoms with Crippen LogP contribution in [-0.2, 0) is 0 Å². The van der Waals surface area contributed by atoms with Gasteiger partial charge in [0.05, 0.1) is 0 Å². The minimum absolute atomic E-state index is 0.184. The van der Waals surface area contributed by atoms with Gasteiger partial charge in [0.25, 0.3) is 12.3 Å². The number of carbonyl (C=O) groups is 1. The zero-order chi connectivity index (χ0) is 15.4. The number of ether oxygens (including phenoxy) is 1. The van der Waals surface area contributed by atoms with Crippen LogP contribution < -0.4 is 4.74 Å². The van der Waals surface area contributed by atoms with Crippen LogP contribution in [-0.4, -0.2) is 52.4 Å². The summed E-state index contributed by atoms with van der Waals surface area (Å²) in [5, 5.41) is 0.743. The standard InChI is InChI=1S/C14H18F2N2O2S/c1-9-6-18(7-10(2)21-9)14(19)12-5-11(3-4-17-12)20-8-13(15)16/h3-5,9-10,13H,6-8H2,1-2H3/t9-,10+. The summed E-state index contributed by atoms with van der Waals surface area (Å²) in [6.07, 6.45) is -1.14. The number of amides is 1. The highest BCUT2D eigenvalue weighted by atomic mass is 32.2. The van der Waals surface area contributed by atoms with Crippen molar-refractivity contribution in [3.8, 4) is 5.75 Å². The van der Waals surface area contributed by atoms with Gasteiger partial charge >= 0.3 is 0 Å². The first-order valence-electron chi connectivity index (χ1n) is 6.77. The molecule has 2 heterocycles. The van der Waals surface area contributed by atoms with Crippen molar-refractivity contribution in [1.29, 1.82) is 0 Å². The van der Waals surface area contributed by atoms with E-state index in [-0.39, 0.29) is 17.4 Å². The molecule has 0 radical (unpaired) electrons. The average Bonchev–Trinajstić information content (AvgIpc) is 2.43. The van der Waals surface area contributed by atoms with Gasteiger partial charge in [-0.15, -0.1) is 0 Å². The Hall–Kier alpha value is -1.37. The second-order valence-corrected chi connectivity index (χ2v) is 6.93. The topological polar surface area (TPSA) is 42.4 Å². The molecular weight excluding hydrogens is 298 g/mol. The summed E-state index contributed by atoms with van der Waals surface area (Å²) in [4.78, 5) is 18.2. The molecule has 1 aromatic heterocycles. The maximum Gasteiger partial charge on any atom is 0.272 e. The zero-order valence-corrected chi connectivity index (χ0v) is 12.8. The van der Waals surface area contributed by atoms with E-state index in [2.05, 4.69) is 18.8 Å². The Morgan fingerprint density at radius 2 is 2.14 bits per heavy atom. The second-order valence-electron chi connectivity index (χ2n) is 5.05. The summed E-state index contributed by atoms with van der Waals surface area (Å²) in [6.45, 7) is 4.80. The average molecular weight is 316 g/mol. The molecule has 0 unspecified atom stereocenters. The molecule has 1 aliphatic rings. The molecule has 116 valence electrons. The van der Waals surface area contributed by atoms with Gasteiger partial charge in [-0.3, -0.25) is 9.78 Å². The van der Waals surface area contributed by atoms with E-state index in [1.54, 1.807) is 4.90 Å². The number of hydrogen-bond acceptors (Lipinski definition) is 4. The molecule has 0 spiro atoms. The molecule has 0 saturated carbocycles. The van der Waals surface area contributed by atoms with Gasteiger partial charge in [-0.2, -0.15) is 11.8 Å². The number of pyridine rings is 1. The van der Waals surface area contributed by atoms with Gasteiger partial charge in [0.1, 0.15) is 18.1 Å². The summed E-state index contributed by atoms with van der Waals surface area (Å²) >= 11 is 1.85. The van der Waals surface area contributed by atoms with Crippen LogP contribution in [0.2, 0.25) is 0 Å². The third-order valence-electron chi connectivity index (χ3n) is 3.03. The fraction of sp³-hybridized carbons (Fsp3) is 0.571. The smallest absolute Gasteiger partial charge is 0.272 e. The minimum atomic E-state index is -2.54. The van der Waals surface area contributed by atoms with Gasteiger partial charge in [0, 0.05) is 35.9 Å². The summed E-state index contributed by atoms with van der Waals surface area (Å²) in [5.74, 6) is 0.0534. The third-order valence-corrected chi connectivity index (χ3v) is 4.26. The van der Waals surface area contributed by atoms with E-state index in [1.165, 1.54) is 18.3 Å². The normalized spacial score (nSPS) is 22.4. The molecule has 4 nitrogen and oxygen atoms in total. The van der Waals surface area contributed by atoms with Crippen LogP contribution in [0.15, 0.2) is 18.3 Å². The van der Waals surface area contributed by atoms with Gasteiger partial charge in [-0.25, -0.2) is 8.78 Å². The maximum absolute atomic E-state index is 12.4. The van der Waals surface area contributed by atoms with Gasteiger partial charge in [-0.1, -0.05) is 13.8 Å². The summed E-state index contributed by atoms with van der Waals surface area (Å²) < 4.78 is 29.2. The van der Waals surface area contributed by atoms with E-state index in [9.17, 15) is 13.6 Å². The molecule has 1 aliphatic heterocycles. The SMILES string of the molecule is C[C@@H]1CN(C(=O)c2cc(OCC(F)F)ccn2)C[C@H](C)S1. The Morgan fingerprint density at radius 3 is 2.76 bits per heavy atom. The summed E-state index contributed by atoms with van der Waals surface area (Å²) in [7, 11) is 0. The lowest BCUT2D eigenvalue weighted by Gasteiger charge is -2.34. The molecule has 1 amide bonds. The van der Waals surface area contributed by atoms with E-state index >= 15 is 0 Å². The lowest BCUT2D eigenvalue weighted by Crippen LogP contribution is -2.44. The van der Waals surface area contributed by atoms with E-state index < -0.39 is 13.0 Å². The van der Waals surface area contributed by atoms with Crippen molar-refractivity contribution in [3.05, 3.63) is 24.0 Å². The molecule has 2 atom stereocenters. The summed E-state index contributed by atoms with van der Waals surface area (Å²) in [6, 6.07) is 2.89. The molecule has 7 heteroatoms. The number of aromatic nitrogens is 1. The second kappa shape index (κ2) is 7.06. The predicted octanol–water partition coefficient (Wildman–Crippen LogP) is 2.69. The van der Waals surface area contributed by atoms with Crippen molar-refractivity contribution in [2.45, 2.75) is 30.8 Å². The van der Waals surface area contributed by atoms with Crippen molar-refractivity contribution in [2.75, 3.05) is 19.7 Å². The van der Waals surface area contributed by atoms with E-state index in [1.807, 2.05) is 11.8 Å². The van der Waals surface area contributed by atoms with Crippen molar-refractivity contribution in [2.24, 2.45) is 0 Å². The molecule has 0 bridgehead atoms. The van der Waals surface area contributed by atoms with Gasteiger partial charge < -0.3 is 9.64 Å². The van der Waals surface area contributed by atoms with Crippen LogP contribution in [0.1, 0.15) is 24.3 Å². The fourth-order valence-electron chi connectivity index (χ4n) is 2.28. The number of nitrogens with zero attached hydrogens (tertiary/aromatic N) is 2. The van der Waals surface area contributed by atoms with Crippen LogP contribution >= 0.6 is 11.8 Å². The largest absolute Gasteiger partial charge is 0.488 e. The Labute approximate surface area is 126 Å². The number of thioether (sulfide) groups is 1. The highest BCUT2D eigenvalue weighted by Gasteiger charge is 2.27. The fourth-order valence-corrected chi connectivity index (χ4v) is 3.61. The van der Waals surface area contributed by atoms with E-state index in [4.69, 9.17) is 4.74 Å². The monoisotopic (exact) mass is 316 g/mol. The van der Waals surface area contributed by atoms with E-state index in [0.29, 0.717) is 23.6 Å². The number of carbonyl (C=O) groups excluding carboxylic acids is 1. The van der Waals surface area contributed by atoms with Crippen molar-refractivity contribution >= 4 is 17.7 Å². The van der Waals surface area contributed by atoms with Crippen molar-refractivity contribution < 1.29 is 18.3 Å². The highest BCUT2D eigenvalue weighted by Crippen LogP contribution is 2.25. The molecule has 21 heavy (non-hydrogen) atoms. The molecule has 0 N–H and O–H groups in total. The highest BCUT2D eigenvalue weighted by molar-refractivity contribution is 8.00. The van der Waals surface area contributed by atoms with Crippen LogP contribution in [0.3, 0.4) is 0 Å². The first kappa shape index (κ1) is 16.0. The van der Waals surface area contributed by atoms with Gasteiger partial charge in [0.2, 0.25) is 0 Å². The lowest BCUT2D eigenvalue weighted by molar-refractivity contribution is 0.0744. The van der Waals surface area contributed by atoms with Crippen LogP contribution in [0.4, 0.5) is 8.78 Å². The van der Waals surface area contributed by atoms with Crippen LogP contribution in [0, 0.1) is 0 Å². The number of halogens is 2. The van der Waals surface area contributed by atoms with Crippen molar-refractivity contribution in [1.82, 2.24) is 9.88 Å². The summed E-state index contributed by atoms with van der Waals surface area (Å²) in [5.41, 5.74) is 0.230. The lowest BCUT2D eigenvalue weighted by atomic mass is 10.2. The van der Waals surface area contributed by atoms with Crippen LogP contribution in [0.25, 0.3) is 0 Å².